The lowest BCUT2D eigenvalue weighted by molar-refractivity contribution is 0.238. The van der Waals surface area contributed by atoms with Crippen LogP contribution in [0.4, 0.5) is 0 Å². The number of aromatic hydroxyl groups is 1. The summed E-state index contributed by atoms with van der Waals surface area (Å²) in [6.07, 6.45) is 4.05. The normalized spacial score (nSPS) is 14.0. The van der Waals surface area contributed by atoms with Gasteiger partial charge in [0.25, 0.3) is 5.56 Å². The molecule has 0 unspecified atom stereocenters. The van der Waals surface area contributed by atoms with Gasteiger partial charge in [0, 0.05) is 49.6 Å². The van der Waals surface area contributed by atoms with Gasteiger partial charge >= 0.3 is 0 Å². The fraction of sp³-hybridized carbons (Fsp3) is 0.250. The van der Waals surface area contributed by atoms with E-state index in [2.05, 4.69) is 19.9 Å². The van der Waals surface area contributed by atoms with Crippen molar-refractivity contribution in [3.05, 3.63) is 69.9 Å². The first kappa shape index (κ1) is 17.2. The SMILES string of the molecule is COc1ccc(O)c(CN2CCc3nc(-c4cccnc4)[nH]c(=O)c3C2)c1. The van der Waals surface area contributed by atoms with E-state index in [1.807, 2.05) is 18.2 Å². The average molecular weight is 364 g/mol. The molecule has 3 heterocycles. The summed E-state index contributed by atoms with van der Waals surface area (Å²) in [6.45, 7) is 1.78. The number of fused-ring (bicyclic) bond motifs is 1. The number of rotatable bonds is 4. The molecule has 0 saturated heterocycles. The Morgan fingerprint density at radius 2 is 2.22 bits per heavy atom. The van der Waals surface area contributed by atoms with Crippen molar-refractivity contribution in [2.45, 2.75) is 19.5 Å². The predicted molar refractivity (Wildman–Crippen MR) is 101 cm³/mol. The van der Waals surface area contributed by atoms with Crippen LogP contribution < -0.4 is 10.3 Å². The highest BCUT2D eigenvalue weighted by Gasteiger charge is 2.22. The molecule has 1 aliphatic heterocycles. The van der Waals surface area contributed by atoms with Crippen LogP contribution >= 0.6 is 0 Å². The average Bonchev–Trinajstić information content (AvgIpc) is 2.70. The van der Waals surface area contributed by atoms with E-state index in [1.54, 1.807) is 31.6 Å². The number of phenols is 1. The van der Waals surface area contributed by atoms with Gasteiger partial charge in [-0.1, -0.05) is 0 Å². The second-order valence-corrected chi connectivity index (χ2v) is 6.54. The minimum atomic E-state index is -0.126. The smallest absolute Gasteiger partial charge is 0.255 e. The standard InChI is InChI=1S/C20H20N4O3/c1-27-15-4-5-18(25)14(9-15)11-24-8-6-17-16(12-24)20(26)23-19(22-17)13-3-2-7-21-10-13/h2-5,7,9-10,25H,6,8,11-12H2,1H3,(H,22,23,26). The van der Waals surface area contributed by atoms with Crippen molar-refractivity contribution in [2.75, 3.05) is 13.7 Å². The number of ether oxygens (including phenoxy) is 1. The first-order valence-electron chi connectivity index (χ1n) is 8.75. The molecule has 0 amide bonds. The molecule has 4 rings (SSSR count). The zero-order chi connectivity index (χ0) is 18.8. The van der Waals surface area contributed by atoms with Crippen molar-refractivity contribution >= 4 is 0 Å². The molecule has 1 aromatic carbocycles. The quantitative estimate of drug-likeness (QED) is 0.737. The Balaban J connectivity index is 1.58. The lowest BCUT2D eigenvalue weighted by atomic mass is 10.1. The number of pyridine rings is 1. The Morgan fingerprint density at radius 3 is 3.00 bits per heavy atom. The number of aromatic nitrogens is 3. The maximum absolute atomic E-state index is 12.6. The van der Waals surface area contributed by atoms with Crippen molar-refractivity contribution in [3.63, 3.8) is 0 Å². The Hall–Kier alpha value is -3.19. The van der Waals surface area contributed by atoms with Crippen LogP contribution in [-0.4, -0.2) is 38.6 Å². The third kappa shape index (κ3) is 3.54. The zero-order valence-corrected chi connectivity index (χ0v) is 15.0. The van der Waals surface area contributed by atoms with Crippen LogP contribution in [-0.2, 0) is 19.5 Å². The predicted octanol–water partition coefficient (Wildman–Crippen LogP) is 2.10. The third-order valence-electron chi connectivity index (χ3n) is 4.76. The van der Waals surface area contributed by atoms with Gasteiger partial charge in [-0.25, -0.2) is 4.98 Å². The fourth-order valence-corrected chi connectivity index (χ4v) is 3.31. The Morgan fingerprint density at radius 1 is 1.33 bits per heavy atom. The molecule has 2 N–H and O–H groups in total. The molecule has 0 fully saturated rings. The highest BCUT2D eigenvalue weighted by Crippen LogP contribution is 2.26. The van der Waals surface area contributed by atoms with Crippen molar-refractivity contribution in [1.29, 1.82) is 0 Å². The summed E-state index contributed by atoms with van der Waals surface area (Å²) in [5.74, 6) is 1.46. The topological polar surface area (TPSA) is 91.3 Å². The van der Waals surface area contributed by atoms with Gasteiger partial charge in [0.05, 0.1) is 18.4 Å². The number of phenolic OH excluding ortho intramolecular Hbond substituents is 1. The van der Waals surface area contributed by atoms with E-state index in [9.17, 15) is 9.90 Å². The Bertz CT molecular complexity index is 1020. The highest BCUT2D eigenvalue weighted by atomic mass is 16.5. The van der Waals surface area contributed by atoms with Crippen molar-refractivity contribution < 1.29 is 9.84 Å². The van der Waals surface area contributed by atoms with E-state index in [0.29, 0.717) is 36.6 Å². The molecule has 0 aliphatic carbocycles. The molecule has 0 saturated carbocycles. The minimum absolute atomic E-state index is 0.126. The number of nitrogens with zero attached hydrogens (tertiary/aromatic N) is 3. The molecule has 7 nitrogen and oxygen atoms in total. The summed E-state index contributed by atoms with van der Waals surface area (Å²) < 4.78 is 5.23. The summed E-state index contributed by atoms with van der Waals surface area (Å²) in [5.41, 5.74) is 2.94. The summed E-state index contributed by atoms with van der Waals surface area (Å²) in [7, 11) is 1.60. The zero-order valence-electron chi connectivity index (χ0n) is 15.0. The van der Waals surface area contributed by atoms with Crippen LogP contribution in [0, 0.1) is 0 Å². The molecule has 138 valence electrons. The van der Waals surface area contributed by atoms with E-state index in [-0.39, 0.29) is 11.3 Å². The molecule has 1 aliphatic rings. The van der Waals surface area contributed by atoms with E-state index >= 15 is 0 Å². The maximum Gasteiger partial charge on any atom is 0.255 e. The molecule has 7 heteroatoms. The Kier molecular flexibility index (Phi) is 4.60. The Labute approximate surface area is 156 Å². The molecular weight excluding hydrogens is 344 g/mol. The van der Waals surface area contributed by atoms with E-state index in [0.717, 1.165) is 23.4 Å². The van der Waals surface area contributed by atoms with Gasteiger partial charge in [-0.2, -0.15) is 0 Å². The van der Waals surface area contributed by atoms with Crippen LogP contribution in [0.15, 0.2) is 47.5 Å². The maximum atomic E-state index is 12.6. The molecule has 0 radical (unpaired) electrons. The van der Waals surface area contributed by atoms with Crippen molar-refractivity contribution in [3.8, 4) is 22.9 Å². The minimum Gasteiger partial charge on any atom is -0.508 e. The van der Waals surface area contributed by atoms with Gasteiger partial charge in [0.15, 0.2) is 0 Å². The summed E-state index contributed by atoms with van der Waals surface area (Å²) in [5, 5.41) is 10.1. The first-order valence-corrected chi connectivity index (χ1v) is 8.75. The second-order valence-electron chi connectivity index (χ2n) is 6.54. The van der Waals surface area contributed by atoms with Crippen LogP contribution in [0.5, 0.6) is 11.5 Å². The second kappa shape index (κ2) is 7.20. The molecule has 3 aromatic rings. The summed E-state index contributed by atoms with van der Waals surface area (Å²) >= 11 is 0. The van der Waals surface area contributed by atoms with E-state index in [4.69, 9.17) is 4.74 Å². The number of benzene rings is 1. The number of nitrogens with one attached hydrogen (secondary N) is 1. The largest absolute Gasteiger partial charge is 0.508 e. The molecule has 27 heavy (non-hydrogen) atoms. The number of hydrogen-bond acceptors (Lipinski definition) is 6. The van der Waals surface area contributed by atoms with Crippen LogP contribution in [0.25, 0.3) is 11.4 Å². The molecule has 0 atom stereocenters. The fourth-order valence-electron chi connectivity index (χ4n) is 3.31. The number of aromatic amines is 1. The van der Waals surface area contributed by atoms with Crippen LogP contribution in [0.3, 0.4) is 0 Å². The highest BCUT2D eigenvalue weighted by molar-refractivity contribution is 5.53. The van der Waals surface area contributed by atoms with Crippen LogP contribution in [0.1, 0.15) is 16.8 Å². The molecule has 0 spiro atoms. The lowest BCUT2D eigenvalue weighted by Gasteiger charge is -2.28. The molecule has 2 aromatic heterocycles. The van der Waals surface area contributed by atoms with E-state index < -0.39 is 0 Å². The summed E-state index contributed by atoms with van der Waals surface area (Å²) in [4.78, 5) is 26.3. The molecule has 0 bridgehead atoms. The van der Waals surface area contributed by atoms with Crippen molar-refractivity contribution in [2.24, 2.45) is 0 Å². The van der Waals surface area contributed by atoms with Gasteiger partial charge in [-0.3, -0.25) is 14.7 Å². The number of methoxy groups -OCH3 is 1. The number of H-pyrrole nitrogens is 1. The monoisotopic (exact) mass is 364 g/mol. The lowest BCUT2D eigenvalue weighted by Crippen LogP contribution is -2.35. The van der Waals surface area contributed by atoms with E-state index in [1.165, 1.54) is 0 Å². The van der Waals surface area contributed by atoms with Gasteiger partial charge in [-0.05, 0) is 30.3 Å². The van der Waals surface area contributed by atoms with Gasteiger partial charge < -0.3 is 14.8 Å². The van der Waals surface area contributed by atoms with Crippen molar-refractivity contribution in [1.82, 2.24) is 19.9 Å². The van der Waals surface area contributed by atoms with Crippen LogP contribution in [0.2, 0.25) is 0 Å². The summed E-state index contributed by atoms with van der Waals surface area (Å²) in [6, 6.07) is 8.86. The molecular formula is C20H20N4O3. The third-order valence-corrected chi connectivity index (χ3v) is 4.76. The van der Waals surface area contributed by atoms with Gasteiger partial charge in [0.1, 0.15) is 17.3 Å². The number of hydrogen-bond donors (Lipinski definition) is 2. The van der Waals surface area contributed by atoms with Gasteiger partial charge in [-0.15, -0.1) is 0 Å². The van der Waals surface area contributed by atoms with Gasteiger partial charge in [0.2, 0.25) is 0 Å². The first-order chi connectivity index (χ1) is 13.1.